The number of pyridine rings is 2. The van der Waals surface area contributed by atoms with Gasteiger partial charge in [0, 0.05) is 37.4 Å². The SMILES string of the molecule is Cc1ccnc(C(C)C)c1-n1c(=O)nc(N2CCN(C(=O)[C@@H]3O[C@H]3CO)C[C@@H]2C)c2cc(Cl)c(-c3ccccc3F)nc21. The minimum absolute atomic E-state index is 0.0126. The molecule has 1 amide bonds. The van der Waals surface area contributed by atoms with Crippen molar-refractivity contribution in [2.45, 2.75) is 51.9 Å². The van der Waals surface area contributed by atoms with Crippen LogP contribution in [0.3, 0.4) is 0 Å². The Hall–Kier alpha value is -3.93. The number of benzene rings is 1. The van der Waals surface area contributed by atoms with E-state index in [1.165, 1.54) is 10.6 Å². The number of carbonyl (C=O) groups is 1. The Morgan fingerprint density at radius 1 is 1.21 bits per heavy atom. The molecule has 0 unspecified atom stereocenters. The lowest BCUT2D eigenvalue weighted by Crippen LogP contribution is -2.55. The van der Waals surface area contributed by atoms with E-state index < -0.39 is 23.7 Å². The molecule has 5 heterocycles. The van der Waals surface area contributed by atoms with Gasteiger partial charge in [-0.25, -0.2) is 18.7 Å². The monoisotopic (exact) mass is 606 g/mol. The van der Waals surface area contributed by atoms with E-state index in [2.05, 4.69) is 9.97 Å². The number of aliphatic hydroxyl groups is 1. The Balaban J connectivity index is 1.53. The molecule has 12 heteroatoms. The Bertz CT molecular complexity index is 1800. The molecule has 224 valence electrons. The van der Waals surface area contributed by atoms with Gasteiger partial charge < -0.3 is 19.6 Å². The summed E-state index contributed by atoms with van der Waals surface area (Å²) in [5, 5.41) is 10.0. The highest BCUT2D eigenvalue weighted by atomic mass is 35.5. The number of halogens is 2. The molecule has 2 fully saturated rings. The number of piperazine rings is 1. The first-order chi connectivity index (χ1) is 20.6. The molecule has 2 saturated heterocycles. The van der Waals surface area contributed by atoms with E-state index in [1.54, 1.807) is 35.4 Å². The largest absolute Gasteiger partial charge is 0.394 e. The lowest BCUT2D eigenvalue weighted by molar-refractivity contribution is -0.133. The summed E-state index contributed by atoms with van der Waals surface area (Å²) in [5.41, 5.74) is 2.22. The second kappa shape index (κ2) is 11.3. The summed E-state index contributed by atoms with van der Waals surface area (Å²) in [7, 11) is 0. The lowest BCUT2D eigenvalue weighted by atomic mass is 10.0. The lowest BCUT2D eigenvalue weighted by Gasteiger charge is -2.40. The van der Waals surface area contributed by atoms with Gasteiger partial charge in [0.15, 0.2) is 11.8 Å². The average molecular weight is 607 g/mol. The fourth-order valence-corrected chi connectivity index (χ4v) is 6.06. The summed E-state index contributed by atoms with van der Waals surface area (Å²) in [6.07, 6.45) is 0.628. The van der Waals surface area contributed by atoms with Crippen molar-refractivity contribution >= 4 is 34.4 Å². The van der Waals surface area contributed by atoms with Gasteiger partial charge in [-0.3, -0.25) is 9.78 Å². The van der Waals surface area contributed by atoms with Gasteiger partial charge in [0.25, 0.3) is 5.91 Å². The summed E-state index contributed by atoms with van der Waals surface area (Å²) in [4.78, 5) is 44.6. The van der Waals surface area contributed by atoms with Crippen LogP contribution in [0.1, 0.15) is 37.9 Å². The van der Waals surface area contributed by atoms with Gasteiger partial charge >= 0.3 is 5.69 Å². The summed E-state index contributed by atoms with van der Waals surface area (Å²) < 4.78 is 21.7. The van der Waals surface area contributed by atoms with Crippen LogP contribution in [0.4, 0.5) is 10.2 Å². The Morgan fingerprint density at radius 3 is 2.65 bits per heavy atom. The highest BCUT2D eigenvalue weighted by Crippen LogP contribution is 2.36. The number of rotatable bonds is 6. The molecule has 43 heavy (non-hydrogen) atoms. The number of nitrogens with zero attached hydrogens (tertiary/aromatic N) is 6. The van der Waals surface area contributed by atoms with Crippen LogP contribution in [0.25, 0.3) is 28.0 Å². The number of aliphatic hydroxyl groups excluding tert-OH is 1. The van der Waals surface area contributed by atoms with E-state index in [9.17, 15) is 19.1 Å². The number of carbonyl (C=O) groups excluding carboxylic acids is 1. The molecule has 0 spiro atoms. The van der Waals surface area contributed by atoms with E-state index >= 15 is 0 Å². The van der Waals surface area contributed by atoms with Crippen LogP contribution in [0.2, 0.25) is 5.02 Å². The summed E-state index contributed by atoms with van der Waals surface area (Å²) in [5.74, 6) is -0.279. The molecule has 1 N–H and O–H groups in total. The normalized spacial score (nSPS) is 20.2. The number of aryl methyl sites for hydroxylation is 1. The maximum Gasteiger partial charge on any atom is 0.355 e. The zero-order chi connectivity index (χ0) is 30.6. The molecule has 0 radical (unpaired) electrons. The molecule has 4 aromatic rings. The van der Waals surface area contributed by atoms with E-state index in [0.29, 0.717) is 42.2 Å². The number of aromatic nitrogens is 4. The molecule has 0 aliphatic carbocycles. The highest BCUT2D eigenvalue weighted by molar-refractivity contribution is 6.33. The standard InChI is InChI=1S/C31H32ClFN6O4/c1-16(2)24-26(17(3)9-10-34-24)39-29-20(13-21(32)25(35-29)19-7-5-6-8-22(19)33)28(36-31(39)42)38-12-11-37(14-18(38)4)30(41)27-23(15-40)43-27/h5-10,13,16,18,23,27,40H,11-12,14-15H2,1-4H3/t18-,23-,27+/m0/s1. The Kier molecular flexibility index (Phi) is 7.66. The third-order valence-electron chi connectivity index (χ3n) is 8.07. The number of hydrogen-bond donors (Lipinski definition) is 1. The molecule has 2 aliphatic heterocycles. The van der Waals surface area contributed by atoms with Crippen LogP contribution < -0.4 is 10.6 Å². The molecule has 0 bridgehead atoms. The van der Waals surface area contributed by atoms with Crippen LogP contribution in [0, 0.1) is 12.7 Å². The molecule has 3 aromatic heterocycles. The number of hydrogen-bond acceptors (Lipinski definition) is 8. The van der Waals surface area contributed by atoms with Crippen LogP contribution in [-0.4, -0.2) is 79.9 Å². The third kappa shape index (κ3) is 5.15. The van der Waals surface area contributed by atoms with Crippen LogP contribution >= 0.6 is 11.6 Å². The summed E-state index contributed by atoms with van der Waals surface area (Å²) in [6.45, 7) is 8.77. The minimum atomic E-state index is -0.621. The van der Waals surface area contributed by atoms with Gasteiger partial charge in [-0.2, -0.15) is 4.98 Å². The number of epoxide rings is 1. The van der Waals surface area contributed by atoms with Crippen molar-refractivity contribution < 1.29 is 19.0 Å². The fraction of sp³-hybridized carbons (Fsp3) is 0.387. The molecule has 0 saturated carbocycles. The number of ether oxygens (including phenoxy) is 1. The quantitative estimate of drug-likeness (QED) is 0.329. The van der Waals surface area contributed by atoms with Crippen LogP contribution in [-0.2, 0) is 9.53 Å². The number of anilines is 1. The van der Waals surface area contributed by atoms with Crippen molar-refractivity contribution in [3.05, 3.63) is 75.2 Å². The second-order valence-corrected chi connectivity index (χ2v) is 11.8. The topological polar surface area (TPSA) is 117 Å². The summed E-state index contributed by atoms with van der Waals surface area (Å²) >= 11 is 6.78. The number of fused-ring (bicyclic) bond motifs is 1. The zero-order valence-electron chi connectivity index (χ0n) is 24.3. The second-order valence-electron chi connectivity index (χ2n) is 11.3. The maximum absolute atomic E-state index is 15.0. The molecule has 2 aliphatic rings. The van der Waals surface area contributed by atoms with Crippen molar-refractivity contribution in [1.29, 1.82) is 0 Å². The maximum atomic E-state index is 15.0. The van der Waals surface area contributed by atoms with Crippen LogP contribution in [0.15, 0.2) is 47.4 Å². The molecule has 1 aromatic carbocycles. The van der Waals surface area contributed by atoms with E-state index in [0.717, 1.165) is 5.56 Å². The van der Waals surface area contributed by atoms with Crippen LogP contribution in [0.5, 0.6) is 0 Å². The van der Waals surface area contributed by atoms with Gasteiger partial charge in [0.1, 0.15) is 17.7 Å². The van der Waals surface area contributed by atoms with E-state index in [4.69, 9.17) is 21.3 Å². The highest BCUT2D eigenvalue weighted by Gasteiger charge is 2.47. The fourth-order valence-electron chi connectivity index (χ4n) is 5.80. The first-order valence-electron chi connectivity index (χ1n) is 14.3. The van der Waals surface area contributed by atoms with E-state index in [-0.39, 0.29) is 46.4 Å². The Labute approximate surface area is 252 Å². The van der Waals surface area contributed by atoms with Crippen molar-refractivity contribution in [3.8, 4) is 16.9 Å². The zero-order valence-corrected chi connectivity index (χ0v) is 25.0. The Morgan fingerprint density at radius 2 is 1.98 bits per heavy atom. The van der Waals surface area contributed by atoms with Gasteiger partial charge in [-0.15, -0.1) is 0 Å². The first kappa shape index (κ1) is 29.2. The average Bonchev–Trinajstić information content (AvgIpc) is 3.77. The molecule has 3 atom stereocenters. The minimum Gasteiger partial charge on any atom is -0.394 e. The van der Waals surface area contributed by atoms with Crippen molar-refractivity contribution in [1.82, 2.24) is 24.4 Å². The van der Waals surface area contributed by atoms with Gasteiger partial charge in [0.05, 0.1) is 34.1 Å². The predicted molar refractivity (Wildman–Crippen MR) is 161 cm³/mol. The van der Waals surface area contributed by atoms with Gasteiger partial charge in [-0.05, 0) is 49.6 Å². The molecular weight excluding hydrogens is 575 g/mol. The molecular formula is C31H32ClFN6O4. The molecule has 6 rings (SSSR count). The van der Waals surface area contributed by atoms with E-state index in [1.807, 2.05) is 38.7 Å². The van der Waals surface area contributed by atoms with Crippen molar-refractivity contribution in [3.63, 3.8) is 0 Å². The smallest absolute Gasteiger partial charge is 0.355 e. The summed E-state index contributed by atoms with van der Waals surface area (Å²) in [6, 6.07) is 9.51. The number of amides is 1. The van der Waals surface area contributed by atoms with Gasteiger partial charge in [-0.1, -0.05) is 37.6 Å². The van der Waals surface area contributed by atoms with Gasteiger partial charge in [0.2, 0.25) is 0 Å². The molecule has 10 nitrogen and oxygen atoms in total. The first-order valence-corrected chi connectivity index (χ1v) is 14.6. The third-order valence-corrected chi connectivity index (χ3v) is 8.36. The van der Waals surface area contributed by atoms with Crippen molar-refractivity contribution in [2.75, 3.05) is 31.1 Å². The van der Waals surface area contributed by atoms with Crippen molar-refractivity contribution in [2.24, 2.45) is 0 Å². The predicted octanol–water partition coefficient (Wildman–Crippen LogP) is 3.86.